The van der Waals surface area contributed by atoms with E-state index in [9.17, 15) is 4.79 Å². The van der Waals surface area contributed by atoms with Crippen molar-refractivity contribution in [2.24, 2.45) is 0 Å². The molecule has 16 heavy (non-hydrogen) atoms. The lowest BCUT2D eigenvalue weighted by molar-refractivity contribution is 0.0951. The van der Waals surface area contributed by atoms with Gasteiger partial charge in [0.25, 0.3) is 5.91 Å². The molecule has 0 atom stereocenters. The van der Waals surface area contributed by atoms with Crippen LogP contribution in [0.5, 0.6) is 0 Å². The van der Waals surface area contributed by atoms with Crippen molar-refractivity contribution in [1.82, 2.24) is 5.32 Å². The first kappa shape index (κ1) is 10.7. The van der Waals surface area contributed by atoms with E-state index in [0.29, 0.717) is 17.8 Å². The Bertz CT molecular complexity index is 480. The number of nitrogens with two attached hydrogens (primary N) is 1. The standard InChI is InChI=1S/C12H12N2OS/c13-11-4-2-1-3-9(11)7-14-12(15)10-5-6-16-8-10/h1-6,8H,7,13H2,(H,14,15). The van der Waals surface area contributed by atoms with E-state index in [-0.39, 0.29) is 5.91 Å². The van der Waals surface area contributed by atoms with Crippen LogP contribution in [0.3, 0.4) is 0 Å². The third kappa shape index (κ3) is 2.41. The van der Waals surface area contributed by atoms with Gasteiger partial charge < -0.3 is 11.1 Å². The number of carbonyl (C=O) groups excluding carboxylic acids is 1. The summed E-state index contributed by atoms with van der Waals surface area (Å²) in [5, 5.41) is 6.53. The maximum atomic E-state index is 11.6. The molecule has 1 aromatic heterocycles. The van der Waals surface area contributed by atoms with Crippen molar-refractivity contribution in [3.8, 4) is 0 Å². The number of hydrogen-bond acceptors (Lipinski definition) is 3. The summed E-state index contributed by atoms with van der Waals surface area (Å²) < 4.78 is 0. The molecule has 4 heteroatoms. The Morgan fingerprint density at radius 3 is 2.81 bits per heavy atom. The van der Waals surface area contributed by atoms with Crippen molar-refractivity contribution in [3.05, 3.63) is 52.2 Å². The summed E-state index contributed by atoms with van der Waals surface area (Å²) in [6.45, 7) is 0.460. The summed E-state index contributed by atoms with van der Waals surface area (Å²) in [7, 11) is 0. The number of nitrogens with one attached hydrogen (secondary N) is 1. The Balaban J connectivity index is 1.98. The molecule has 3 nitrogen and oxygen atoms in total. The van der Waals surface area contributed by atoms with E-state index in [1.165, 1.54) is 11.3 Å². The predicted molar refractivity (Wildman–Crippen MR) is 66.3 cm³/mol. The molecule has 2 rings (SSSR count). The molecule has 0 fully saturated rings. The average Bonchev–Trinajstić information content (AvgIpc) is 2.81. The summed E-state index contributed by atoms with van der Waals surface area (Å²) in [5.74, 6) is -0.0653. The van der Waals surface area contributed by atoms with E-state index in [2.05, 4.69) is 5.32 Å². The van der Waals surface area contributed by atoms with E-state index >= 15 is 0 Å². The van der Waals surface area contributed by atoms with Crippen molar-refractivity contribution in [3.63, 3.8) is 0 Å². The highest BCUT2D eigenvalue weighted by atomic mass is 32.1. The number of thiophene rings is 1. The van der Waals surface area contributed by atoms with Crippen LogP contribution >= 0.6 is 11.3 Å². The van der Waals surface area contributed by atoms with Crippen LogP contribution in [0.15, 0.2) is 41.1 Å². The van der Waals surface area contributed by atoms with E-state index in [1.807, 2.05) is 35.0 Å². The maximum absolute atomic E-state index is 11.6. The average molecular weight is 232 g/mol. The molecule has 3 N–H and O–H groups in total. The highest BCUT2D eigenvalue weighted by Crippen LogP contribution is 2.11. The lowest BCUT2D eigenvalue weighted by atomic mass is 10.2. The number of hydrogen-bond donors (Lipinski definition) is 2. The lowest BCUT2D eigenvalue weighted by Crippen LogP contribution is -2.22. The summed E-state index contributed by atoms with van der Waals surface area (Å²) in [4.78, 5) is 11.6. The third-order valence-electron chi connectivity index (χ3n) is 2.28. The van der Waals surface area contributed by atoms with Crippen LogP contribution in [0, 0.1) is 0 Å². The molecule has 0 aliphatic heterocycles. The van der Waals surface area contributed by atoms with Gasteiger partial charge in [0.2, 0.25) is 0 Å². The van der Waals surface area contributed by atoms with Gasteiger partial charge in [-0.3, -0.25) is 4.79 Å². The number of rotatable bonds is 3. The van der Waals surface area contributed by atoms with Crippen LogP contribution in [0.25, 0.3) is 0 Å². The maximum Gasteiger partial charge on any atom is 0.252 e. The number of amides is 1. The Morgan fingerprint density at radius 1 is 1.31 bits per heavy atom. The Morgan fingerprint density at radius 2 is 2.12 bits per heavy atom. The zero-order valence-electron chi connectivity index (χ0n) is 8.64. The topological polar surface area (TPSA) is 55.1 Å². The van der Waals surface area contributed by atoms with Gasteiger partial charge in [0.15, 0.2) is 0 Å². The van der Waals surface area contributed by atoms with Crippen molar-refractivity contribution in [2.75, 3.05) is 5.73 Å². The van der Waals surface area contributed by atoms with Crippen molar-refractivity contribution in [1.29, 1.82) is 0 Å². The molecular formula is C12H12N2OS. The summed E-state index contributed by atoms with van der Waals surface area (Å²) in [6.07, 6.45) is 0. The van der Waals surface area contributed by atoms with Gasteiger partial charge in [-0.25, -0.2) is 0 Å². The van der Waals surface area contributed by atoms with Gasteiger partial charge in [0.05, 0.1) is 0 Å². The second-order valence-electron chi connectivity index (χ2n) is 3.39. The second-order valence-corrected chi connectivity index (χ2v) is 4.17. The number of benzene rings is 1. The minimum Gasteiger partial charge on any atom is -0.398 e. The molecular weight excluding hydrogens is 220 g/mol. The van der Waals surface area contributed by atoms with Crippen LogP contribution in [0.2, 0.25) is 0 Å². The van der Waals surface area contributed by atoms with Crippen molar-refractivity contribution >= 4 is 22.9 Å². The van der Waals surface area contributed by atoms with Gasteiger partial charge in [-0.15, -0.1) is 0 Å². The molecule has 0 bridgehead atoms. The first-order chi connectivity index (χ1) is 7.77. The minimum absolute atomic E-state index is 0.0653. The molecule has 1 amide bonds. The first-order valence-corrected chi connectivity index (χ1v) is 5.85. The highest BCUT2D eigenvalue weighted by molar-refractivity contribution is 7.08. The molecule has 0 saturated carbocycles. The van der Waals surface area contributed by atoms with Crippen LogP contribution in [-0.2, 0) is 6.54 Å². The summed E-state index contributed by atoms with van der Waals surface area (Å²) >= 11 is 1.51. The quantitative estimate of drug-likeness (QED) is 0.797. The van der Waals surface area contributed by atoms with Crippen LogP contribution in [-0.4, -0.2) is 5.91 Å². The van der Waals surface area contributed by atoms with E-state index in [4.69, 9.17) is 5.73 Å². The van der Waals surface area contributed by atoms with Gasteiger partial charge in [0, 0.05) is 23.2 Å². The fraction of sp³-hybridized carbons (Fsp3) is 0.0833. The van der Waals surface area contributed by atoms with Crippen molar-refractivity contribution < 1.29 is 4.79 Å². The number of anilines is 1. The smallest absolute Gasteiger partial charge is 0.252 e. The zero-order valence-corrected chi connectivity index (χ0v) is 9.46. The number of nitrogen functional groups attached to an aromatic ring is 1. The molecule has 1 heterocycles. The van der Waals surface area contributed by atoms with Gasteiger partial charge in [-0.05, 0) is 23.1 Å². The van der Waals surface area contributed by atoms with E-state index < -0.39 is 0 Å². The SMILES string of the molecule is Nc1ccccc1CNC(=O)c1ccsc1. The molecule has 0 radical (unpaired) electrons. The molecule has 0 aliphatic carbocycles. The molecule has 0 unspecified atom stereocenters. The second kappa shape index (κ2) is 4.81. The third-order valence-corrected chi connectivity index (χ3v) is 2.96. The number of para-hydroxylation sites is 1. The summed E-state index contributed by atoms with van der Waals surface area (Å²) in [5.41, 5.74) is 8.11. The molecule has 82 valence electrons. The van der Waals surface area contributed by atoms with Crippen LogP contribution in [0.1, 0.15) is 15.9 Å². The normalized spacial score (nSPS) is 10.0. The molecule has 0 saturated heterocycles. The lowest BCUT2D eigenvalue weighted by Gasteiger charge is -2.06. The van der Waals surface area contributed by atoms with Gasteiger partial charge in [-0.2, -0.15) is 11.3 Å². The Hall–Kier alpha value is -1.81. The zero-order chi connectivity index (χ0) is 11.4. The molecule has 1 aromatic carbocycles. The van der Waals surface area contributed by atoms with Gasteiger partial charge in [0.1, 0.15) is 0 Å². The first-order valence-electron chi connectivity index (χ1n) is 4.91. The summed E-state index contributed by atoms with van der Waals surface area (Å²) in [6, 6.07) is 9.31. The Kier molecular flexibility index (Phi) is 3.22. The minimum atomic E-state index is -0.0653. The van der Waals surface area contributed by atoms with E-state index in [1.54, 1.807) is 6.07 Å². The molecule has 0 aliphatic rings. The fourth-order valence-electron chi connectivity index (χ4n) is 1.37. The Labute approximate surface area is 97.9 Å². The fourth-order valence-corrected chi connectivity index (χ4v) is 2.00. The monoisotopic (exact) mass is 232 g/mol. The van der Waals surface area contributed by atoms with Gasteiger partial charge >= 0.3 is 0 Å². The van der Waals surface area contributed by atoms with Crippen LogP contribution < -0.4 is 11.1 Å². The van der Waals surface area contributed by atoms with Crippen LogP contribution in [0.4, 0.5) is 5.69 Å². The largest absolute Gasteiger partial charge is 0.398 e. The molecule has 0 spiro atoms. The highest BCUT2D eigenvalue weighted by Gasteiger charge is 2.05. The predicted octanol–water partition coefficient (Wildman–Crippen LogP) is 2.26. The molecule has 2 aromatic rings. The van der Waals surface area contributed by atoms with E-state index in [0.717, 1.165) is 5.56 Å². The number of carbonyl (C=O) groups is 1. The van der Waals surface area contributed by atoms with Gasteiger partial charge in [-0.1, -0.05) is 18.2 Å². The van der Waals surface area contributed by atoms with Crippen molar-refractivity contribution in [2.45, 2.75) is 6.54 Å².